The summed E-state index contributed by atoms with van der Waals surface area (Å²) in [5, 5.41) is 2.09. The van der Waals surface area contributed by atoms with Gasteiger partial charge >= 0.3 is 0 Å². The average molecular weight is 233 g/mol. The van der Waals surface area contributed by atoms with Crippen molar-refractivity contribution in [3.8, 4) is 0 Å². The molecule has 0 atom stereocenters. The first-order valence-electron chi connectivity index (χ1n) is 5.29. The first kappa shape index (κ1) is 11.0. The van der Waals surface area contributed by atoms with Gasteiger partial charge in [0.25, 0.3) is 0 Å². The van der Waals surface area contributed by atoms with Crippen molar-refractivity contribution in [3.63, 3.8) is 0 Å². The minimum Gasteiger partial charge on any atom is -0.382 e. The highest BCUT2D eigenvalue weighted by atomic mass is 32.1. The summed E-state index contributed by atoms with van der Waals surface area (Å²) in [6, 6.07) is 8.14. The first-order valence-corrected chi connectivity index (χ1v) is 6.17. The summed E-state index contributed by atoms with van der Waals surface area (Å²) in [6.45, 7) is 3.94. The Morgan fingerprint density at radius 1 is 1.38 bits per heavy atom. The lowest BCUT2D eigenvalue weighted by atomic mass is 10.3. The molecule has 2 heterocycles. The van der Waals surface area contributed by atoms with Crippen molar-refractivity contribution in [2.24, 2.45) is 0 Å². The molecular weight excluding hydrogens is 218 g/mol. The quantitative estimate of drug-likeness (QED) is 0.883. The molecule has 84 valence electrons. The summed E-state index contributed by atoms with van der Waals surface area (Å²) < 4.78 is 0. The Labute approximate surface area is 99.5 Å². The maximum atomic E-state index is 5.88. The molecule has 2 rings (SSSR count). The highest BCUT2D eigenvalue weighted by molar-refractivity contribution is 7.09. The third kappa shape index (κ3) is 2.33. The van der Waals surface area contributed by atoms with Crippen molar-refractivity contribution in [1.29, 1.82) is 0 Å². The van der Waals surface area contributed by atoms with Crippen LogP contribution in [0, 0.1) is 0 Å². The number of nitrogens with two attached hydrogens (primary N) is 1. The van der Waals surface area contributed by atoms with E-state index in [-0.39, 0.29) is 0 Å². The molecule has 0 fully saturated rings. The van der Waals surface area contributed by atoms with Gasteiger partial charge in [-0.25, -0.2) is 4.98 Å². The van der Waals surface area contributed by atoms with Crippen LogP contribution in [0.25, 0.3) is 0 Å². The molecule has 0 spiro atoms. The Balaban J connectivity index is 2.20. The molecule has 16 heavy (non-hydrogen) atoms. The first-order chi connectivity index (χ1) is 7.81. The van der Waals surface area contributed by atoms with Gasteiger partial charge < -0.3 is 10.6 Å². The third-order valence-electron chi connectivity index (χ3n) is 2.47. The third-order valence-corrected chi connectivity index (χ3v) is 3.33. The molecule has 2 aromatic rings. The Morgan fingerprint density at radius 3 is 2.88 bits per heavy atom. The Hall–Kier alpha value is -1.55. The minimum atomic E-state index is 0.598. The number of nitrogen functional groups attached to an aromatic ring is 1. The van der Waals surface area contributed by atoms with Gasteiger partial charge in [0.2, 0.25) is 0 Å². The molecule has 0 amide bonds. The van der Waals surface area contributed by atoms with Crippen LogP contribution in [-0.4, -0.2) is 11.5 Å². The van der Waals surface area contributed by atoms with Gasteiger partial charge in [0.15, 0.2) is 0 Å². The molecule has 2 N–H and O–H groups in total. The highest BCUT2D eigenvalue weighted by Gasteiger charge is 2.09. The van der Waals surface area contributed by atoms with E-state index in [0.717, 1.165) is 18.8 Å². The molecule has 0 aliphatic rings. The fraction of sp³-hybridized carbons (Fsp3) is 0.250. The molecule has 0 aliphatic heterocycles. The molecule has 0 saturated heterocycles. The molecule has 4 heteroatoms. The molecule has 0 bridgehead atoms. The van der Waals surface area contributed by atoms with E-state index in [1.807, 2.05) is 12.1 Å². The van der Waals surface area contributed by atoms with Crippen molar-refractivity contribution in [3.05, 3.63) is 40.7 Å². The van der Waals surface area contributed by atoms with Crippen LogP contribution >= 0.6 is 11.3 Å². The van der Waals surface area contributed by atoms with E-state index in [2.05, 4.69) is 34.3 Å². The average Bonchev–Trinajstić information content (AvgIpc) is 2.80. The van der Waals surface area contributed by atoms with Gasteiger partial charge in [-0.05, 0) is 30.5 Å². The molecule has 0 saturated carbocycles. The predicted molar refractivity (Wildman–Crippen MR) is 69.7 cm³/mol. The Kier molecular flexibility index (Phi) is 3.41. The zero-order chi connectivity index (χ0) is 11.4. The minimum absolute atomic E-state index is 0.598. The number of hydrogen-bond acceptors (Lipinski definition) is 4. The zero-order valence-corrected chi connectivity index (χ0v) is 10.1. The maximum absolute atomic E-state index is 5.88. The maximum Gasteiger partial charge on any atom is 0.146 e. The molecule has 0 aromatic carbocycles. The number of anilines is 2. The van der Waals surface area contributed by atoms with Gasteiger partial charge in [-0.3, -0.25) is 0 Å². The topological polar surface area (TPSA) is 42.2 Å². The van der Waals surface area contributed by atoms with Gasteiger partial charge in [-0.1, -0.05) is 6.07 Å². The Bertz CT molecular complexity index is 439. The number of hydrogen-bond donors (Lipinski definition) is 1. The summed E-state index contributed by atoms with van der Waals surface area (Å²) in [7, 11) is 0. The van der Waals surface area contributed by atoms with E-state index in [1.54, 1.807) is 17.5 Å². The monoisotopic (exact) mass is 233 g/mol. The smallest absolute Gasteiger partial charge is 0.146 e. The van der Waals surface area contributed by atoms with Crippen LogP contribution in [0.1, 0.15) is 11.8 Å². The summed E-state index contributed by atoms with van der Waals surface area (Å²) in [5.74, 6) is 0.598. The molecule has 0 aliphatic carbocycles. The Morgan fingerprint density at radius 2 is 2.25 bits per heavy atom. The molecular formula is C12H15N3S. The van der Waals surface area contributed by atoms with Crippen LogP contribution in [-0.2, 0) is 6.54 Å². The summed E-state index contributed by atoms with van der Waals surface area (Å²) >= 11 is 1.76. The van der Waals surface area contributed by atoms with Crippen molar-refractivity contribution >= 4 is 22.8 Å². The second-order valence-electron chi connectivity index (χ2n) is 3.50. The van der Waals surface area contributed by atoms with Crippen LogP contribution in [0.4, 0.5) is 11.5 Å². The lowest BCUT2D eigenvalue weighted by Gasteiger charge is -2.23. The molecule has 3 nitrogen and oxygen atoms in total. The fourth-order valence-corrected chi connectivity index (χ4v) is 2.35. The van der Waals surface area contributed by atoms with Crippen molar-refractivity contribution in [1.82, 2.24) is 4.98 Å². The molecule has 0 radical (unpaired) electrons. The molecule has 0 unspecified atom stereocenters. The van der Waals surface area contributed by atoms with Crippen LogP contribution in [0.2, 0.25) is 0 Å². The van der Waals surface area contributed by atoms with E-state index >= 15 is 0 Å². The van der Waals surface area contributed by atoms with Crippen molar-refractivity contribution < 1.29 is 0 Å². The lowest BCUT2D eigenvalue weighted by molar-refractivity contribution is 0.841. The van der Waals surface area contributed by atoms with E-state index in [4.69, 9.17) is 5.73 Å². The number of rotatable bonds is 4. The van der Waals surface area contributed by atoms with E-state index in [0.29, 0.717) is 5.82 Å². The van der Waals surface area contributed by atoms with E-state index < -0.39 is 0 Å². The largest absolute Gasteiger partial charge is 0.382 e. The predicted octanol–water partition coefficient (Wildman–Crippen LogP) is 2.75. The lowest BCUT2D eigenvalue weighted by Crippen LogP contribution is -2.22. The van der Waals surface area contributed by atoms with E-state index in [1.165, 1.54) is 4.88 Å². The van der Waals surface area contributed by atoms with Crippen LogP contribution in [0.3, 0.4) is 0 Å². The SMILES string of the molecule is CCN(Cc1cccs1)c1cccnc1N. The standard InChI is InChI=1S/C12H15N3S/c1-2-15(9-10-5-4-8-16-10)11-6-3-7-14-12(11)13/h3-8H,2,9H2,1H3,(H2,13,14). The summed E-state index contributed by atoms with van der Waals surface area (Å²) in [4.78, 5) is 7.69. The fourth-order valence-electron chi connectivity index (χ4n) is 1.63. The second kappa shape index (κ2) is 4.99. The summed E-state index contributed by atoms with van der Waals surface area (Å²) in [5.41, 5.74) is 6.89. The van der Waals surface area contributed by atoms with Crippen LogP contribution in [0.15, 0.2) is 35.8 Å². The van der Waals surface area contributed by atoms with Crippen LogP contribution < -0.4 is 10.6 Å². The van der Waals surface area contributed by atoms with Gasteiger partial charge in [0.05, 0.1) is 12.2 Å². The number of aromatic nitrogens is 1. The van der Waals surface area contributed by atoms with Crippen molar-refractivity contribution in [2.75, 3.05) is 17.2 Å². The normalized spacial score (nSPS) is 10.3. The number of nitrogens with zero attached hydrogens (tertiary/aromatic N) is 2. The van der Waals surface area contributed by atoms with Crippen LogP contribution in [0.5, 0.6) is 0 Å². The zero-order valence-electron chi connectivity index (χ0n) is 9.26. The second-order valence-corrected chi connectivity index (χ2v) is 4.53. The van der Waals surface area contributed by atoms with Gasteiger partial charge in [-0.15, -0.1) is 11.3 Å². The highest BCUT2D eigenvalue weighted by Crippen LogP contribution is 2.23. The number of thiophene rings is 1. The van der Waals surface area contributed by atoms with E-state index in [9.17, 15) is 0 Å². The van der Waals surface area contributed by atoms with Gasteiger partial charge in [0, 0.05) is 17.6 Å². The summed E-state index contributed by atoms with van der Waals surface area (Å²) in [6.07, 6.45) is 1.72. The van der Waals surface area contributed by atoms with Gasteiger partial charge in [-0.2, -0.15) is 0 Å². The number of pyridine rings is 1. The molecule has 2 aromatic heterocycles. The van der Waals surface area contributed by atoms with Gasteiger partial charge in [0.1, 0.15) is 5.82 Å². The van der Waals surface area contributed by atoms with Crippen molar-refractivity contribution in [2.45, 2.75) is 13.5 Å².